The van der Waals surface area contributed by atoms with E-state index in [0.29, 0.717) is 6.04 Å². The fourth-order valence-electron chi connectivity index (χ4n) is 3.86. The highest BCUT2D eigenvalue weighted by Gasteiger charge is 2.29. The van der Waals surface area contributed by atoms with Gasteiger partial charge in [0.15, 0.2) is 5.65 Å². The summed E-state index contributed by atoms with van der Waals surface area (Å²) in [5.74, 6) is 4.62. The maximum Gasteiger partial charge on any atom is 0.160 e. The maximum absolute atomic E-state index is 4.96. The number of likely N-dealkylation sites (tertiary alicyclic amines) is 1. The van der Waals surface area contributed by atoms with Gasteiger partial charge in [0.1, 0.15) is 11.3 Å². The van der Waals surface area contributed by atoms with Crippen molar-refractivity contribution in [3.05, 3.63) is 24.2 Å². The number of hydrogen-bond acceptors (Lipinski definition) is 4. The summed E-state index contributed by atoms with van der Waals surface area (Å²) in [6.45, 7) is 2.26. The van der Waals surface area contributed by atoms with Gasteiger partial charge in [-0.25, -0.2) is 9.97 Å². The Bertz CT molecular complexity index is 647. The third-order valence-corrected chi connectivity index (χ3v) is 6.33. The van der Waals surface area contributed by atoms with Gasteiger partial charge in [-0.05, 0) is 68.8 Å². The first-order chi connectivity index (χ1) is 10.8. The average molecular weight is 316 g/mol. The highest BCUT2D eigenvalue weighted by atomic mass is 32.2. The number of nitrogens with zero attached hydrogens (tertiary/aromatic N) is 4. The summed E-state index contributed by atoms with van der Waals surface area (Å²) >= 11 is 2.10. The van der Waals surface area contributed by atoms with Gasteiger partial charge in [-0.15, -0.1) is 0 Å². The molecule has 0 bridgehead atoms. The minimum absolute atomic E-state index is 0.463. The lowest BCUT2D eigenvalue weighted by Gasteiger charge is -2.25. The first-order valence-corrected chi connectivity index (χ1v) is 9.57. The summed E-state index contributed by atoms with van der Waals surface area (Å²) in [7, 11) is 2.23. The van der Waals surface area contributed by atoms with Crippen LogP contribution in [0.5, 0.6) is 0 Å². The van der Waals surface area contributed by atoms with E-state index in [2.05, 4.69) is 39.3 Å². The molecule has 22 heavy (non-hydrogen) atoms. The SMILES string of the molecule is CN1CCCC1c1nc2cccnc2n1CC1CCCSC1. The van der Waals surface area contributed by atoms with Crippen LogP contribution in [0.4, 0.5) is 0 Å². The van der Waals surface area contributed by atoms with E-state index >= 15 is 0 Å². The Hall–Kier alpha value is -1.07. The highest BCUT2D eigenvalue weighted by Crippen LogP contribution is 2.33. The standard InChI is InChI=1S/C17H24N4S/c1-20-9-3-7-15(20)17-19-14-6-2-8-18-16(14)21(17)11-13-5-4-10-22-12-13/h2,6,8,13,15H,3-5,7,9-12H2,1H3. The van der Waals surface area contributed by atoms with Gasteiger partial charge in [0.2, 0.25) is 0 Å². The Balaban J connectivity index is 1.72. The molecule has 0 aliphatic carbocycles. The summed E-state index contributed by atoms with van der Waals surface area (Å²) in [5.41, 5.74) is 2.13. The van der Waals surface area contributed by atoms with E-state index in [1.807, 2.05) is 12.3 Å². The number of fused-ring (bicyclic) bond motifs is 1. The smallest absolute Gasteiger partial charge is 0.160 e. The second kappa shape index (κ2) is 6.20. The Morgan fingerprint density at radius 1 is 1.32 bits per heavy atom. The summed E-state index contributed by atoms with van der Waals surface area (Å²) in [6.07, 6.45) is 7.10. The third kappa shape index (κ3) is 2.65. The molecule has 0 amide bonds. The maximum atomic E-state index is 4.96. The van der Waals surface area contributed by atoms with Gasteiger partial charge in [-0.3, -0.25) is 4.90 Å². The Labute approximate surface area is 136 Å². The van der Waals surface area contributed by atoms with E-state index in [9.17, 15) is 0 Å². The van der Waals surface area contributed by atoms with Crippen molar-refractivity contribution in [1.29, 1.82) is 0 Å². The molecule has 2 saturated heterocycles. The molecule has 0 radical (unpaired) electrons. The zero-order valence-electron chi connectivity index (χ0n) is 13.2. The van der Waals surface area contributed by atoms with E-state index in [-0.39, 0.29) is 0 Å². The molecule has 4 heterocycles. The summed E-state index contributed by atoms with van der Waals surface area (Å²) in [6, 6.07) is 4.57. The van der Waals surface area contributed by atoms with Crippen molar-refractivity contribution in [2.24, 2.45) is 5.92 Å². The van der Waals surface area contributed by atoms with Crippen LogP contribution in [0.15, 0.2) is 18.3 Å². The molecule has 0 saturated carbocycles. The summed E-state index contributed by atoms with van der Waals surface area (Å²) < 4.78 is 2.43. The van der Waals surface area contributed by atoms with Crippen molar-refractivity contribution in [2.75, 3.05) is 25.1 Å². The molecule has 0 N–H and O–H groups in total. The van der Waals surface area contributed by atoms with E-state index in [1.54, 1.807) is 0 Å². The predicted octanol–water partition coefficient (Wildman–Crippen LogP) is 3.34. The fourth-order valence-corrected chi connectivity index (χ4v) is 5.00. The highest BCUT2D eigenvalue weighted by molar-refractivity contribution is 7.99. The van der Waals surface area contributed by atoms with Crippen molar-refractivity contribution in [3.8, 4) is 0 Å². The first kappa shape index (κ1) is 14.5. The van der Waals surface area contributed by atoms with Crippen LogP contribution in [0, 0.1) is 5.92 Å². The van der Waals surface area contributed by atoms with E-state index in [4.69, 9.17) is 4.98 Å². The first-order valence-electron chi connectivity index (χ1n) is 8.42. The quantitative estimate of drug-likeness (QED) is 0.870. The van der Waals surface area contributed by atoms with E-state index in [0.717, 1.165) is 23.6 Å². The second-order valence-electron chi connectivity index (χ2n) is 6.65. The summed E-state index contributed by atoms with van der Waals surface area (Å²) in [5, 5.41) is 0. The minimum Gasteiger partial charge on any atom is -0.311 e. The van der Waals surface area contributed by atoms with Crippen molar-refractivity contribution < 1.29 is 0 Å². The van der Waals surface area contributed by atoms with Crippen molar-refractivity contribution >= 4 is 22.9 Å². The Morgan fingerprint density at radius 2 is 2.27 bits per heavy atom. The zero-order valence-corrected chi connectivity index (χ0v) is 14.1. The van der Waals surface area contributed by atoms with Crippen LogP contribution >= 0.6 is 11.8 Å². The van der Waals surface area contributed by atoms with Crippen LogP contribution in [-0.4, -0.2) is 44.5 Å². The molecule has 0 spiro atoms. The molecule has 2 aliphatic rings. The lowest BCUT2D eigenvalue weighted by molar-refractivity contribution is 0.293. The van der Waals surface area contributed by atoms with Gasteiger partial charge < -0.3 is 4.57 Å². The second-order valence-corrected chi connectivity index (χ2v) is 7.80. The van der Waals surface area contributed by atoms with E-state index in [1.165, 1.54) is 49.6 Å². The zero-order chi connectivity index (χ0) is 14.9. The predicted molar refractivity (Wildman–Crippen MR) is 92.2 cm³/mol. The molecular formula is C17H24N4S. The molecule has 2 unspecified atom stereocenters. The number of imidazole rings is 1. The topological polar surface area (TPSA) is 34.0 Å². The van der Waals surface area contributed by atoms with Crippen LogP contribution in [0.2, 0.25) is 0 Å². The van der Waals surface area contributed by atoms with Gasteiger partial charge in [0.25, 0.3) is 0 Å². The number of aromatic nitrogens is 3. The molecule has 118 valence electrons. The minimum atomic E-state index is 0.463. The number of thioether (sulfide) groups is 1. The third-order valence-electron chi connectivity index (χ3n) is 5.05. The largest absolute Gasteiger partial charge is 0.311 e. The molecule has 2 atom stereocenters. The van der Waals surface area contributed by atoms with Gasteiger partial charge in [-0.2, -0.15) is 11.8 Å². The lowest BCUT2D eigenvalue weighted by Crippen LogP contribution is -2.24. The van der Waals surface area contributed by atoms with Crippen LogP contribution in [-0.2, 0) is 6.54 Å². The van der Waals surface area contributed by atoms with Crippen LogP contribution < -0.4 is 0 Å². The van der Waals surface area contributed by atoms with Gasteiger partial charge >= 0.3 is 0 Å². The Kier molecular flexibility index (Phi) is 4.09. The molecule has 0 aromatic carbocycles. The van der Waals surface area contributed by atoms with Crippen molar-refractivity contribution in [2.45, 2.75) is 38.3 Å². The normalized spacial score (nSPS) is 26.8. The number of pyridine rings is 1. The van der Waals surface area contributed by atoms with Gasteiger partial charge in [-0.1, -0.05) is 0 Å². The van der Waals surface area contributed by atoms with Crippen molar-refractivity contribution in [3.63, 3.8) is 0 Å². The van der Waals surface area contributed by atoms with E-state index < -0.39 is 0 Å². The molecule has 4 nitrogen and oxygen atoms in total. The monoisotopic (exact) mass is 316 g/mol. The van der Waals surface area contributed by atoms with Crippen LogP contribution in [0.1, 0.15) is 37.5 Å². The number of rotatable bonds is 3. The molecular weight excluding hydrogens is 292 g/mol. The van der Waals surface area contributed by atoms with Gasteiger partial charge in [0.05, 0.1) is 6.04 Å². The summed E-state index contributed by atoms with van der Waals surface area (Å²) in [4.78, 5) is 12.1. The van der Waals surface area contributed by atoms with Crippen LogP contribution in [0.25, 0.3) is 11.2 Å². The molecule has 2 aromatic rings. The molecule has 2 fully saturated rings. The number of hydrogen-bond donors (Lipinski definition) is 0. The molecule has 5 heteroatoms. The lowest BCUT2D eigenvalue weighted by atomic mass is 10.1. The molecule has 2 aliphatic heterocycles. The Morgan fingerprint density at radius 3 is 3.05 bits per heavy atom. The fraction of sp³-hybridized carbons (Fsp3) is 0.647. The molecule has 4 rings (SSSR count). The average Bonchev–Trinajstić information content (AvgIpc) is 3.12. The van der Waals surface area contributed by atoms with Gasteiger partial charge in [0, 0.05) is 12.7 Å². The van der Waals surface area contributed by atoms with Crippen molar-refractivity contribution in [1.82, 2.24) is 19.4 Å². The van der Waals surface area contributed by atoms with Crippen LogP contribution in [0.3, 0.4) is 0 Å². The molecule has 2 aromatic heterocycles.